The van der Waals surface area contributed by atoms with Gasteiger partial charge in [-0.3, -0.25) is 0 Å². The van der Waals surface area contributed by atoms with Crippen LogP contribution in [0.4, 0.5) is 0 Å². The lowest BCUT2D eigenvalue weighted by Gasteiger charge is -2.15. The zero-order valence-corrected chi connectivity index (χ0v) is 10.7. The van der Waals surface area contributed by atoms with Crippen LogP contribution in [0.2, 0.25) is 0 Å². The van der Waals surface area contributed by atoms with Crippen LogP contribution in [0.25, 0.3) is 11.1 Å². The Morgan fingerprint density at radius 2 is 2.06 bits per heavy atom. The van der Waals surface area contributed by atoms with E-state index < -0.39 is 0 Å². The van der Waals surface area contributed by atoms with Gasteiger partial charge in [-0.15, -0.1) is 0 Å². The highest BCUT2D eigenvalue weighted by molar-refractivity contribution is 5.73. The van der Waals surface area contributed by atoms with Crippen molar-refractivity contribution < 1.29 is 4.42 Å². The summed E-state index contributed by atoms with van der Waals surface area (Å²) in [7, 11) is 0. The second-order valence-corrected chi connectivity index (χ2v) is 5.09. The van der Waals surface area contributed by atoms with Crippen LogP contribution in [0.5, 0.6) is 0 Å². The number of fused-ring (bicyclic) bond motifs is 1. The highest BCUT2D eigenvalue weighted by Crippen LogP contribution is 2.23. The largest absolute Gasteiger partial charge is 0.430 e. The van der Waals surface area contributed by atoms with E-state index in [1.54, 1.807) is 0 Å². The number of aryl methyl sites for hydroxylation is 1. The van der Waals surface area contributed by atoms with Gasteiger partial charge in [-0.25, -0.2) is 4.98 Å². The van der Waals surface area contributed by atoms with Gasteiger partial charge >= 0.3 is 0 Å². The molecule has 0 N–H and O–H groups in total. The first-order chi connectivity index (χ1) is 8.81. The van der Waals surface area contributed by atoms with E-state index in [9.17, 15) is 0 Å². The van der Waals surface area contributed by atoms with E-state index in [0.717, 1.165) is 11.1 Å². The van der Waals surface area contributed by atoms with E-state index in [0.29, 0.717) is 11.8 Å². The first kappa shape index (κ1) is 11.3. The summed E-state index contributed by atoms with van der Waals surface area (Å²) < 4.78 is 5.63. The molecule has 0 radical (unpaired) electrons. The summed E-state index contributed by atoms with van der Waals surface area (Å²) in [5, 5.41) is 0. The Kier molecular flexibility index (Phi) is 3.06. The maximum atomic E-state index is 5.63. The molecule has 0 atom stereocenters. The van der Waals surface area contributed by atoms with Crippen LogP contribution in [0.15, 0.2) is 22.6 Å². The molecule has 0 unspecified atom stereocenters. The molecule has 1 aliphatic carbocycles. The Labute approximate surface area is 107 Å². The van der Waals surface area contributed by atoms with Gasteiger partial charge in [0, 0.05) is 5.92 Å². The van der Waals surface area contributed by atoms with Gasteiger partial charge in [-0.05, 0) is 43.4 Å². The molecule has 0 saturated heterocycles. The fourth-order valence-corrected chi connectivity index (χ4v) is 2.50. The van der Waals surface area contributed by atoms with Crippen LogP contribution in [-0.4, -0.2) is 4.98 Å². The molecule has 18 heavy (non-hydrogen) atoms. The Bertz CT molecular complexity index is 609. The van der Waals surface area contributed by atoms with Gasteiger partial charge < -0.3 is 4.42 Å². The molecule has 0 amide bonds. The highest BCUT2D eigenvalue weighted by Gasteiger charge is 2.10. The number of aromatic nitrogens is 1. The number of oxazole rings is 1. The third-order valence-corrected chi connectivity index (χ3v) is 3.53. The van der Waals surface area contributed by atoms with Gasteiger partial charge in [-0.1, -0.05) is 31.2 Å². The molecule has 1 heterocycles. The third kappa shape index (κ3) is 2.41. The monoisotopic (exact) mass is 239 g/mol. The normalized spacial score (nSPS) is 16.5. The predicted octanol–water partition coefficient (Wildman–Crippen LogP) is 4.07. The second-order valence-electron chi connectivity index (χ2n) is 5.09. The molecular weight excluding hydrogens is 222 g/mol. The van der Waals surface area contributed by atoms with Crippen LogP contribution in [-0.2, 0) is 0 Å². The summed E-state index contributed by atoms with van der Waals surface area (Å²) in [6.45, 7) is 2.06. The van der Waals surface area contributed by atoms with Crippen molar-refractivity contribution in [2.24, 2.45) is 5.92 Å². The molecule has 1 aromatic carbocycles. The van der Waals surface area contributed by atoms with Crippen molar-refractivity contribution in [3.8, 4) is 11.8 Å². The molecule has 1 saturated carbocycles. The number of rotatable bonds is 0. The smallest absolute Gasteiger partial charge is 0.274 e. The van der Waals surface area contributed by atoms with Crippen molar-refractivity contribution in [2.45, 2.75) is 39.0 Å². The fraction of sp³-hybridized carbons (Fsp3) is 0.438. The van der Waals surface area contributed by atoms with Crippen molar-refractivity contribution in [3.63, 3.8) is 0 Å². The standard InChI is InChI=1S/C16H17NO/c1-12-7-9-15-14(11-12)17-16(18-15)10-8-13-5-3-2-4-6-13/h7,9,11,13H,2-6H2,1H3. The maximum Gasteiger partial charge on any atom is 0.274 e. The first-order valence-electron chi connectivity index (χ1n) is 6.70. The number of benzene rings is 1. The van der Waals surface area contributed by atoms with E-state index in [1.165, 1.54) is 37.7 Å². The van der Waals surface area contributed by atoms with Gasteiger partial charge in [0.1, 0.15) is 5.52 Å². The van der Waals surface area contributed by atoms with Gasteiger partial charge in [0.25, 0.3) is 5.89 Å². The number of hydrogen-bond acceptors (Lipinski definition) is 2. The maximum absolute atomic E-state index is 5.63. The zero-order chi connectivity index (χ0) is 12.4. The summed E-state index contributed by atoms with van der Waals surface area (Å²) in [5.74, 6) is 7.50. The second kappa shape index (κ2) is 4.86. The topological polar surface area (TPSA) is 26.0 Å². The lowest BCUT2D eigenvalue weighted by atomic mass is 9.90. The van der Waals surface area contributed by atoms with Gasteiger partial charge in [0.2, 0.25) is 0 Å². The predicted molar refractivity (Wildman–Crippen MR) is 72.2 cm³/mol. The van der Waals surface area contributed by atoms with E-state index in [2.05, 4.69) is 23.7 Å². The minimum atomic E-state index is 0.537. The Hall–Kier alpha value is -1.75. The number of nitrogens with zero attached hydrogens (tertiary/aromatic N) is 1. The van der Waals surface area contributed by atoms with E-state index >= 15 is 0 Å². The molecule has 2 nitrogen and oxygen atoms in total. The van der Waals surface area contributed by atoms with Crippen molar-refractivity contribution in [1.29, 1.82) is 0 Å². The fourth-order valence-electron chi connectivity index (χ4n) is 2.50. The van der Waals surface area contributed by atoms with Crippen molar-refractivity contribution >= 4 is 11.1 Å². The van der Waals surface area contributed by atoms with Gasteiger partial charge in [0.05, 0.1) is 0 Å². The average molecular weight is 239 g/mol. The molecule has 0 spiro atoms. The molecule has 92 valence electrons. The molecule has 2 aromatic rings. The lowest BCUT2D eigenvalue weighted by Crippen LogP contribution is -2.02. The molecule has 1 aliphatic rings. The molecule has 0 aliphatic heterocycles. The Balaban J connectivity index is 1.84. The molecule has 0 bridgehead atoms. The summed E-state index contributed by atoms with van der Waals surface area (Å²) in [6, 6.07) is 6.03. The Morgan fingerprint density at radius 3 is 2.89 bits per heavy atom. The summed E-state index contributed by atoms with van der Waals surface area (Å²) in [4.78, 5) is 4.42. The molecule has 2 heteroatoms. The van der Waals surface area contributed by atoms with E-state index in [-0.39, 0.29) is 0 Å². The zero-order valence-electron chi connectivity index (χ0n) is 10.7. The minimum Gasteiger partial charge on any atom is -0.430 e. The van der Waals surface area contributed by atoms with Crippen molar-refractivity contribution in [1.82, 2.24) is 4.98 Å². The summed E-state index contributed by atoms with van der Waals surface area (Å²) >= 11 is 0. The lowest BCUT2D eigenvalue weighted by molar-refractivity contribution is 0.430. The van der Waals surface area contributed by atoms with Crippen LogP contribution in [0, 0.1) is 24.7 Å². The molecule has 1 fully saturated rings. The van der Waals surface area contributed by atoms with Crippen LogP contribution >= 0.6 is 0 Å². The van der Waals surface area contributed by atoms with E-state index in [1.807, 2.05) is 18.2 Å². The van der Waals surface area contributed by atoms with Crippen LogP contribution in [0.3, 0.4) is 0 Å². The third-order valence-electron chi connectivity index (χ3n) is 3.53. The van der Waals surface area contributed by atoms with Crippen molar-refractivity contribution in [3.05, 3.63) is 29.7 Å². The average Bonchev–Trinajstić information content (AvgIpc) is 2.79. The van der Waals surface area contributed by atoms with Crippen LogP contribution in [0.1, 0.15) is 43.6 Å². The van der Waals surface area contributed by atoms with Gasteiger partial charge in [-0.2, -0.15) is 0 Å². The van der Waals surface area contributed by atoms with Gasteiger partial charge in [0.15, 0.2) is 5.58 Å². The Morgan fingerprint density at radius 1 is 1.22 bits per heavy atom. The minimum absolute atomic E-state index is 0.537. The first-order valence-corrected chi connectivity index (χ1v) is 6.70. The summed E-state index contributed by atoms with van der Waals surface area (Å²) in [5.41, 5.74) is 2.93. The van der Waals surface area contributed by atoms with E-state index in [4.69, 9.17) is 4.42 Å². The molecule has 1 aromatic heterocycles. The molecular formula is C16H17NO. The highest BCUT2D eigenvalue weighted by atomic mass is 16.3. The van der Waals surface area contributed by atoms with Crippen LogP contribution < -0.4 is 0 Å². The molecule has 3 rings (SSSR count). The quantitative estimate of drug-likeness (QED) is 0.648. The van der Waals surface area contributed by atoms with Crippen molar-refractivity contribution in [2.75, 3.05) is 0 Å². The SMILES string of the molecule is Cc1ccc2oc(C#CC3CCCCC3)nc2c1. The number of hydrogen-bond donors (Lipinski definition) is 0. The summed E-state index contributed by atoms with van der Waals surface area (Å²) in [6.07, 6.45) is 6.44.